The van der Waals surface area contributed by atoms with Gasteiger partial charge in [0, 0.05) is 45.7 Å². The van der Waals surface area contributed by atoms with Gasteiger partial charge in [-0.2, -0.15) is 0 Å². The topological polar surface area (TPSA) is 103 Å². The Labute approximate surface area is 214 Å². The number of carbonyl (C=O) groups excluding carboxylic acids is 3. The number of hydrogen-bond donors (Lipinski definition) is 2. The van der Waals surface area contributed by atoms with Crippen molar-refractivity contribution >= 4 is 17.8 Å². The zero-order chi connectivity index (χ0) is 26.2. The van der Waals surface area contributed by atoms with Crippen LogP contribution >= 0.6 is 0 Å². The van der Waals surface area contributed by atoms with Gasteiger partial charge in [0.25, 0.3) is 0 Å². The van der Waals surface area contributed by atoms with Crippen LogP contribution in [0.5, 0.6) is 11.5 Å². The Balaban J connectivity index is 1.90. The number of methoxy groups -OCH3 is 2. The maximum absolute atomic E-state index is 13.8. The quantitative estimate of drug-likeness (QED) is 0.536. The van der Waals surface area contributed by atoms with Gasteiger partial charge in [-0.3, -0.25) is 15.0 Å². The molecule has 2 aliphatic heterocycles. The number of urea groups is 1. The van der Waals surface area contributed by atoms with E-state index in [4.69, 9.17) is 9.47 Å². The van der Waals surface area contributed by atoms with Crippen molar-refractivity contribution in [2.75, 3.05) is 40.9 Å². The summed E-state index contributed by atoms with van der Waals surface area (Å²) in [6, 6.07) is 4.10. The van der Waals surface area contributed by atoms with Crippen LogP contribution in [-0.2, 0) is 16.1 Å². The maximum atomic E-state index is 13.8. The molecule has 4 amide bonds. The van der Waals surface area contributed by atoms with Crippen molar-refractivity contribution in [3.8, 4) is 11.5 Å². The highest BCUT2D eigenvalue weighted by Crippen LogP contribution is 2.28. The molecule has 0 aliphatic carbocycles. The number of rotatable bonds is 9. The first-order chi connectivity index (χ1) is 17.2. The van der Waals surface area contributed by atoms with E-state index in [-0.39, 0.29) is 36.7 Å². The van der Waals surface area contributed by atoms with Gasteiger partial charge >= 0.3 is 6.03 Å². The second-order valence-electron chi connectivity index (χ2n) is 9.99. The normalized spacial score (nSPS) is 20.9. The summed E-state index contributed by atoms with van der Waals surface area (Å²) in [6.45, 7) is 6.22. The molecule has 2 fully saturated rings. The molecule has 2 saturated heterocycles. The minimum absolute atomic E-state index is 0.115. The highest BCUT2D eigenvalue weighted by Gasteiger charge is 2.44. The summed E-state index contributed by atoms with van der Waals surface area (Å²) < 4.78 is 10.8. The van der Waals surface area contributed by atoms with Crippen LogP contribution < -0.4 is 20.2 Å². The van der Waals surface area contributed by atoms with Crippen molar-refractivity contribution < 1.29 is 23.9 Å². The number of carbonyl (C=O) groups is 3. The van der Waals surface area contributed by atoms with E-state index in [1.165, 1.54) is 0 Å². The van der Waals surface area contributed by atoms with Crippen LogP contribution in [-0.4, -0.2) is 85.6 Å². The second kappa shape index (κ2) is 12.8. The van der Waals surface area contributed by atoms with Gasteiger partial charge in [-0.25, -0.2) is 9.80 Å². The molecule has 200 valence electrons. The molecule has 0 bridgehead atoms. The molecule has 2 heterocycles. The third kappa shape index (κ3) is 7.02. The van der Waals surface area contributed by atoms with Gasteiger partial charge < -0.3 is 24.6 Å². The van der Waals surface area contributed by atoms with Gasteiger partial charge in [0.15, 0.2) is 0 Å². The number of ether oxygens (including phenoxy) is 2. The summed E-state index contributed by atoms with van der Waals surface area (Å²) in [5, 5.41) is 4.60. The van der Waals surface area contributed by atoms with Crippen molar-refractivity contribution in [3.05, 3.63) is 23.8 Å². The first-order valence-corrected chi connectivity index (χ1v) is 12.8. The molecule has 0 saturated carbocycles. The molecule has 10 nitrogen and oxygen atoms in total. The van der Waals surface area contributed by atoms with Crippen LogP contribution in [0.3, 0.4) is 0 Å². The molecule has 0 radical (unpaired) electrons. The number of benzene rings is 1. The van der Waals surface area contributed by atoms with Gasteiger partial charge in [-0.05, 0) is 42.9 Å². The summed E-state index contributed by atoms with van der Waals surface area (Å²) in [7, 11) is 4.75. The second-order valence-corrected chi connectivity index (χ2v) is 9.99. The fourth-order valence-corrected chi connectivity index (χ4v) is 4.98. The van der Waals surface area contributed by atoms with E-state index in [1.807, 2.05) is 31.0 Å². The number of amides is 4. The van der Waals surface area contributed by atoms with E-state index in [0.29, 0.717) is 24.5 Å². The van der Waals surface area contributed by atoms with Gasteiger partial charge in [-0.1, -0.05) is 20.3 Å². The fourth-order valence-electron chi connectivity index (χ4n) is 4.98. The Bertz CT molecular complexity index is 896. The number of nitrogens with zero attached hydrogens (tertiary/aromatic N) is 3. The van der Waals surface area contributed by atoms with Crippen molar-refractivity contribution in [1.29, 1.82) is 0 Å². The lowest BCUT2D eigenvalue weighted by Gasteiger charge is -2.47. The highest BCUT2D eigenvalue weighted by molar-refractivity contribution is 5.89. The molecule has 2 atom stereocenters. The van der Waals surface area contributed by atoms with E-state index in [0.717, 1.165) is 37.9 Å². The molecule has 10 heteroatoms. The summed E-state index contributed by atoms with van der Waals surface area (Å²) in [5.41, 5.74) is 3.87. The van der Waals surface area contributed by atoms with E-state index in [2.05, 4.69) is 10.7 Å². The molecule has 36 heavy (non-hydrogen) atoms. The first kappa shape index (κ1) is 27.6. The largest absolute Gasteiger partial charge is 0.497 e. The smallest absolute Gasteiger partial charge is 0.332 e. The molecule has 0 aromatic heterocycles. The molecule has 1 aromatic carbocycles. The number of piperazine rings is 1. The Morgan fingerprint density at radius 2 is 1.69 bits per heavy atom. The van der Waals surface area contributed by atoms with Crippen molar-refractivity contribution in [3.63, 3.8) is 0 Å². The van der Waals surface area contributed by atoms with E-state index in [1.54, 1.807) is 37.1 Å². The predicted molar refractivity (Wildman–Crippen MR) is 136 cm³/mol. The van der Waals surface area contributed by atoms with Crippen LogP contribution in [0.2, 0.25) is 0 Å². The molecule has 0 unspecified atom stereocenters. The summed E-state index contributed by atoms with van der Waals surface area (Å²) in [4.78, 5) is 43.2. The van der Waals surface area contributed by atoms with Gasteiger partial charge in [-0.15, -0.1) is 0 Å². The predicted octanol–water partition coefficient (Wildman–Crippen LogP) is 2.38. The first-order valence-electron chi connectivity index (χ1n) is 12.8. The SMILES string of the molecule is CNC(=O)C[C@H]1CN(Cc2cc(OC)cc(OC)c2)C(=O)[C@H](CC(C)C)N1C(=O)NN1CCCCC1. The zero-order valence-electron chi connectivity index (χ0n) is 22.2. The summed E-state index contributed by atoms with van der Waals surface area (Å²) in [6.07, 6.45) is 3.81. The molecular weight excluding hydrogens is 462 g/mol. The maximum Gasteiger partial charge on any atom is 0.332 e. The molecule has 3 rings (SSSR count). The molecule has 1 aromatic rings. The van der Waals surface area contributed by atoms with Gasteiger partial charge in [0.05, 0.1) is 20.3 Å². The lowest BCUT2D eigenvalue weighted by molar-refractivity contribution is -0.146. The number of hydrogen-bond acceptors (Lipinski definition) is 6. The zero-order valence-corrected chi connectivity index (χ0v) is 22.2. The van der Waals surface area contributed by atoms with Crippen LogP contribution in [0.15, 0.2) is 18.2 Å². The molecular formula is C26H41N5O5. The van der Waals surface area contributed by atoms with Crippen LogP contribution in [0, 0.1) is 5.92 Å². The fraction of sp³-hybridized carbons (Fsp3) is 0.654. The van der Waals surface area contributed by atoms with E-state index in [9.17, 15) is 14.4 Å². The highest BCUT2D eigenvalue weighted by atomic mass is 16.5. The number of nitrogens with one attached hydrogen (secondary N) is 2. The van der Waals surface area contributed by atoms with Gasteiger partial charge in [0.1, 0.15) is 17.5 Å². The molecule has 2 aliphatic rings. The molecule has 2 N–H and O–H groups in total. The van der Waals surface area contributed by atoms with Crippen molar-refractivity contribution in [1.82, 2.24) is 25.6 Å². The summed E-state index contributed by atoms with van der Waals surface area (Å²) >= 11 is 0. The average Bonchev–Trinajstić information content (AvgIpc) is 2.86. The van der Waals surface area contributed by atoms with Crippen LogP contribution in [0.1, 0.15) is 51.5 Å². The van der Waals surface area contributed by atoms with Crippen LogP contribution in [0.4, 0.5) is 4.79 Å². The minimum atomic E-state index is -0.661. The Hall–Kier alpha value is -3.01. The number of piperidine rings is 1. The monoisotopic (exact) mass is 503 g/mol. The van der Waals surface area contributed by atoms with E-state index >= 15 is 0 Å². The Kier molecular flexibility index (Phi) is 9.81. The van der Waals surface area contributed by atoms with Gasteiger partial charge in [0.2, 0.25) is 11.8 Å². The van der Waals surface area contributed by atoms with Crippen molar-refractivity contribution in [2.24, 2.45) is 5.92 Å². The minimum Gasteiger partial charge on any atom is -0.497 e. The van der Waals surface area contributed by atoms with Crippen LogP contribution in [0.25, 0.3) is 0 Å². The lowest BCUT2D eigenvalue weighted by Crippen LogP contribution is -2.67. The summed E-state index contributed by atoms with van der Waals surface area (Å²) in [5.74, 6) is 1.17. The Morgan fingerprint density at radius 1 is 1.06 bits per heavy atom. The van der Waals surface area contributed by atoms with Crippen molar-refractivity contribution in [2.45, 2.75) is 64.6 Å². The third-order valence-corrected chi connectivity index (χ3v) is 6.78. The lowest BCUT2D eigenvalue weighted by atomic mass is 9.94. The number of hydrazine groups is 1. The average molecular weight is 504 g/mol. The molecule has 0 spiro atoms. The standard InChI is InChI=1S/C26H41N5O5/c1-18(2)11-23-25(33)29(16-19-12-21(35-4)15-22(13-19)36-5)17-20(14-24(32)27-3)31(23)26(34)28-30-9-7-6-8-10-30/h12-13,15,18,20,23H,6-11,14,16-17H2,1-5H3,(H,27,32)(H,28,34)/t20-,23-/m0/s1. The third-order valence-electron chi connectivity index (χ3n) is 6.78. The Morgan fingerprint density at radius 3 is 2.25 bits per heavy atom. The van der Waals surface area contributed by atoms with E-state index < -0.39 is 12.1 Å².